The number of rotatable bonds is 26. The van der Waals surface area contributed by atoms with E-state index in [-0.39, 0.29) is 5.97 Å². The van der Waals surface area contributed by atoms with Gasteiger partial charge >= 0.3 is 5.97 Å². The van der Waals surface area contributed by atoms with Crippen molar-refractivity contribution < 1.29 is 14.3 Å². The number of unbranched alkanes of at least 4 members (excludes halogenated alkanes) is 16. The fourth-order valence-corrected chi connectivity index (χ4v) is 3.81. The van der Waals surface area contributed by atoms with E-state index in [1.54, 1.807) is 0 Å². The van der Waals surface area contributed by atoms with Crippen molar-refractivity contribution in [2.75, 3.05) is 19.8 Å². The Labute approximate surface area is 201 Å². The Hall–Kier alpha value is -0.830. The van der Waals surface area contributed by atoms with Crippen LogP contribution in [0, 0.1) is 0 Å². The van der Waals surface area contributed by atoms with Gasteiger partial charge in [-0.15, -0.1) is 0 Å². The summed E-state index contributed by atoms with van der Waals surface area (Å²) < 4.78 is 10.7. The van der Waals surface area contributed by atoms with Gasteiger partial charge < -0.3 is 9.47 Å². The molecule has 32 heavy (non-hydrogen) atoms. The van der Waals surface area contributed by atoms with E-state index in [0.717, 1.165) is 38.7 Å². The number of hydrogen-bond acceptors (Lipinski definition) is 3. The van der Waals surface area contributed by atoms with Crippen LogP contribution in [0.1, 0.15) is 149 Å². The second-order valence-corrected chi connectivity index (χ2v) is 9.29. The smallest absolute Gasteiger partial charge is 0.305 e. The molecule has 0 aliphatic rings. The van der Waals surface area contributed by atoms with Crippen LogP contribution in [0.15, 0.2) is 12.2 Å². The summed E-state index contributed by atoms with van der Waals surface area (Å²) in [5.41, 5.74) is 0. The molecule has 190 valence electrons. The molecule has 0 aliphatic heterocycles. The molecule has 0 amide bonds. The van der Waals surface area contributed by atoms with E-state index in [9.17, 15) is 4.79 Å². The minimum atomic E-state index is -0.0421. The quantitative estimate of drug-likeness (QED) is 0.0744. The van der Waals surface area contributed by atoms with E-state index < -0.39 is 0 Å². The summed E-state index contributed by atoms with van der Waals surface area (Å²) in [5.74, 6) is -0.0421. The fourth-order valence-electron chi connectivity index (χ4n) is 3.81. The number of carbonyl (C=O) groups is 1. The molecule has 0 N–H and O–H groups in total. The van der Waals surface area contributed by atoms with Crippen LogP contribution in [0.3, 0.4) is 0 Å². The van der Waals surface area contributed by atoms with Gasteiger partial charge in [0.1, 0.15) is 0 Å². The lowest BCUT2D eigenvalue weighted by molar-refractivity contribution is -0.144. The van der Waals surface area contributed by atoms with Crippen LogP contribution in [-0.4, -0.2) is 25.8 Å². The Morgan fingerprint density at radius 1 is 0.531 bits per heavy atom. The minimum Gasteiger partial charge on any atom is -0.466 e. The molecule has 0 spiro atoms. The van der Waals surface area contributed by atoms with Crippen LogP contribution in [0.4, 0.5) is 0 Å². The number of ether oxygens (including phenoxy) is 2. The molecule has 0 bridgehead atoms. The molecule has 0 saturated carbocycles. The molecule has 0 heterocycles. The van der Waals surface area contributed by atoms with Crippen molar-refractivity contribution in [1.29, 1.82) is 0 Å². The molecule has 0 aromatic rings. The van der Waals surface area contributed by atoms with Crippen molar-refractivity contribution in [3.05, 3.63) is 12.2 Å². The molecular formula is C29H56O3. The standard InChI is InChI=1S/C29H56O3/c1-3-5-7-8-9-10-11-12-13-14-15-16-17-18-19-20-21-22-23-25-29(30)32-28-24-27-31-26-6-4-2/h12-13H,3-11,14-28H2,1-2H3/b13-12-. The van der Waals surface area contributed by atoms with E-state index in [0.29, 0.717) is 19.6 Å². The van der Waals surface area contributed by atoms with Gasteiger partial charge in [-0.2, -0.15) is 0 Å². The minimum absolute atomic E-state index is 0.0421. The van der Waals surface area contributed by atoms with Gasteiger partial charge in [-0.05, 0) is 38.5 Å². The summed E-state index contributed by atoms with van der Waals surface area (Å²) in [6.45, 7) is 6.45. The van der Waals surface area contributed by atoms with Gasteiger partial charge in [-0.3, -0.25) is 4.79 Å². The Bertz CT molecular complexity index is 392. The van der Waals surface area contributed by atoms with Crippen molar-refractivity contribution in [2.24, 2.45) is 0 Å². The van der Waals surface area contributed by atoms with Crippen LogP contribution in [0.5, 0.6) is 0 Å². The molecular weight excluding hydrogens is 396 g/mol. The third-order valence-corrected chi connectivity index (χ3v) is 5.98. The predicted molar refractivity (Wildman–Crippen MR) is 139 cm³/mol. The highest BCUT2D eigenvalue weighted by Gasteiger charge is 2.02. The van der Waals surface area contributed by atoms with Crippen LogP contribution >= 0.6 is 0 Å². The van der Waals surface area contributed by atoms with Gasteiger partial charge in [-0.25, -0.2) is 0 Å². The third kappa shape index (κ3) is 27.2. The number of esters is 1. The first-order valence-corrected chi connectivity index (χ1v) is 14.2. The zero-order valence-corrected chi connectivity index (χ0v) is 21.9. The SMILES string of the molecule is CCCCCCCC/C=C\CCCCCCCCCCCC(=O)OCCCOCCCC. The maximum Gasteiger partial charge on any atom is 0.305 e. The van der Waals surface area contributed by atoms with E-state index in [2.05, 4.69) is 26.0 Å². The highest BCUT2D eigenvalue weighted by Crippen LogP contribution is 2.12. The zero-order chi connectivity index (χ0) is 23.4. The lowest BCUT2D eigenvalue weighted by Crippen LogP contribution is -2.08. The van der Waals surface area contributed by atoms with E-state index in [1.165, 1.54) is 96.3 Å². The molecule has 3 nitrogen and oxygen atoms in total. The molecule has 0 radical (unpaired) electrons. The summed E-state index contributed by atoms with van der Waals surface area (Å²) in [5, 5.41) is 0. The van der Waals surface area contributed by atoms with Crippen LogP contribution in [-0.2, 0) is 14.3 Å². The van der Waals surface area contributed by atoms with Crippen molar-refractivity contribution in [3.8, 4) is 0 Å². The second-order valence-electron chi connectivity index (χ2n) is 9.29. The van der Waals surface area contributed by atoms with Crippen molar-refractivity contribution in [2.45, 2.75) is 149 Å². The molecule has 0 unspecified atom stereocenters. The lowest BCUT2D eigenvalue weighted by Gasteiger charge is -2.06. The highest BCUT2D eigenvalue weighted by atomic mass is 16.5. The summed E-state index contributed by atoms with van der Waals surface area (Å²) >= 11 is 0. The molecule has 0 saturated heterocycles. The van der Waals surface area contributed by atoms with Gasteiger partial charge in [0.2, 0.25) is 0 Å². The van der Waals surface area contributed by atoms with Gasteiger partial charge in [0.25, 0.3) is 0 Å². The largest absolute Gasteiger partial charge is 0.466 e. The maximum atomic E-state index is 11.7. The third-order valence-electron chi connectivity index (χ3n) is 5.98. The van der Waals surface area contributed by atoms with Gasteiger partial charge in [0, 0.05) is 26.1 Å². The Morgan fingerprint density at radius 2 is 1.00 bits per heavy atom. The molecule has 0 aliphatic carbocycles. The summed E-state index contributed by atoms with van der Waals surface area (Å²) in [6, 6.07) is 0. The van der Waals surface area contributed by atoms with Crippen LogP contribution in [0.25, 0.3) is 0 Å². The maximum absolute atomic E-state index is 11.7. The van der Waals surface area contributed by atoms with Gasteiger partial charge in [0.15, 0.2) is 0 Å². The molecule has 0 atom stereocenters. The first kappa shape index (κ1) is 31.2. The Balaban J connectivity index is 3.17. The average Bonchev–Trinajstić information content (AvgIpc) is 2.80. The number of allylic oxidation sites excluding steroid dienone is 2. The first-order chi connectivity index (χ1) is 15.8. The zero-order valence-electron chi connectivity index (χ0n) is 21.9. The fraction of sp³-hybridized carbons (Fsp3) is 0.897. The Kier molecular flexibility index (Phi) is 27.5. The van der Waals surface area contributed by atoms with Crippen molar-refractivity contribution in [3.63, 3.8) is 0 Å². The predicted octanol–water partition coefficient (Wildman–Crippen LogP) is 9.33. The average molecular weight is 453 g/mol. The summed E-state index contributed by atoms with van der Waals surface area (Å²) in [4.78, 5) is 11.7. The van der Waals surface area contributed by atoms with Crippen LogP contribution in [0.2, 0.25) is 0 Å². The molecule has 0 fully saturated rings. The van der Waals surface area contributed by atoms with E-state index >= 15 is 0 Å². The summed E-state index contributed by atoms with van der Waals surface area (Å²) in [6.07, 6.45) is 30.8. The lowest BCUT2D eigenvalue weighted by atomic mass is 10.1. The monoisotopic (exact) mass is 452 g/mol. The topological polar surface area (TPSA) is 35.5 Å². The molecule has 0 aromatic heterocycles. The van der Waals surface area contributed by atoms with Gasteiger partial charge in [0.05, 0.1) is 6.61 Å². The number of hydrogen-bond donors (Lipinski definition) is 0. The highest BCUT2D eigenvalue weighted by molar-refractivity contribution is 5.69. The normalized spacial score (nSPS) is 11.4. The Morgan fingerprint density at radius 3 is 1.56 bits per heavy atom. The first-order valence-electron chi connectivity index (χ1n) is 14.2. The van der Waals surface area contributed by atoms with Crippen molar-refractivity contribution in [1.82, 2.24) is 0 Å². The molecule has 0 rings (SSSR count). The van der Waals surface area contributed by atoms with Crippen LogP contribution < -0.4 is 0 Å². The van der Waals surface area contributed by atoms with Gasteiger partial charge in [-0.1, -0.05) is 109 Å². The van der Waals surface area contributed by atoms with E-state index in [4.69, 9.17) is 9.47 Å². The molecule has 3 heteroatoms. The molecule has 0 aromatic carbocycles. The summed E-state index contributed by atoms with van der Waals surface area (Å²) in [7, 11) is 0. The second kappa shape index (κ2) is 28.2. The number of carbonyl (C=O) groups excluding carboxylic acids is 1. The van der Waals surface area contributed by atoms with Crippen molar-refractivity contribution >= 4 is 5.97 Å². The van der Waals surface area contributed by atoms with E-state index in [1.807, 2.05) is 0 Å².